The molecule has 0 heterocycles. The van der Waals surface area contributed by atoms with Crippen molar-refractivity contribution in [1.82, 2.24) is 0 Å². The van der Waals surface area contributed by atoms with Gasteiger partial charge in [0.25, 0.3) is 0 Å². The molecule has 0 saturated carbocycles. The van der Waals surface area contributed by atoms with E-state index in [1.165, 1.54) is 11.6 Å². The van der Waals surface area contributed by atoms with Gasteiger partial charge in [-0.1, -0.05) is 30.3 Å². The second-order valence-corrected chi connectivity index (χ2v) is 3.50. The third kappa shape index (κ3) is 3.93. The highest BCUT2D eigenvalue weighted by Gasteiger charge is 1.83. The maximum Gasteiger partial charge on any atom is 0.155 e. The lowest BCUT2D eigenvalue weighted by atomic mass is 10.4. The Kier molecular flexibility index (Phi) is 7.14. The van der Waals surface area contributed by atoms with Gasteiger partial charge in [0.15, 0.2) is 8.83 Å². The number of rotatable bonds is 1. The fourth-order valence-electron chi connectivity index (χ4n) is 0.567. The van der Waals surface area contributed by atoms with Crippen LogP contribution in [0, 0.1) is 0 Å². The van der Waals surface area contributed by atoms with E-state index in [2.05, 4.69) is 23.7 Å². The van der Waals surface area contributed by atoms with Crippen LogP contribution in [0.2, 0.25) is 0 Å². The third-order valence-electron chi connectivity index (χ3n) is 0.997. The highest BCUT2D eigenvalue weighted by molar-refractivity contribution is 7.01. The van der Waals surface area contributed by atoms with Crippen LogP contribution in [-0.4, -0.2) is 15.2 Å². The maximum absolute atomic E-state index is 5.67. The van der Waals surface area contributed by atoms with Crippen molar-refractivity contribution >= 4 is 36.7 Å². The topological polar surface area (TPSA) is 0 Å². The Morgan fingerprint density at radius 2 is 1.60 bits per heavy atom. The highest BCUT2D eigenvalue weighted by Crippen LogP contribution is 1.81. The molecule has 0 nitrogen and oxygen atoms in total. The summed E-state index contributed by atoms with van der Waals surface area (Å²) in [5.41, 5.74) is 0. The van der Waals surface area contributed by atoms with Gasteiger partial charge < -0.3 is 0 Å². The van der Waals surface area contributed by atoms with Crippen molar-refractivity contribution in [2.75, 3.05) is 6.38 Å². The monoisotopic (exact) mass is 192 g/mol. The van der Waals surface area contributed by atoms with Crippen LogP contribution >= 0.6 is 22.7 Å². The molecule has 1 aromatic carbocycles. The first-order valence-corrected chi connectivity index (χ1v) is 6.51. The van der Waals surface area contributed by atoms with Crippen molar-refractivity contribution < 1.29 is 0 Å². The molecule has 0 amide bonds. The fraction of sp³-hybridized carbons (Fsp3) is 0.143. The SMILES string of the molecule is CCl.Cl[SiH2]c1ccccc1. The number of benzene rings is 1. The molecule has 0 aliphatic carbocycles. The lowest BCUT2D eigenvalue weighted by molar-refractivity contribution is 1.77. The molecule has 0 N–H and O–H groups in total. The Balaban J connectivity index is 0.000000371. The summed E-state index contributed by atoms with van der Waals surface area (Å²) in [5, 5.41) is 1.31. The van der Waals surface area contributed by atoms with Crippen LogP contribution in [-0.2, 0) is 0 Å². The first-order chi connectivity index (χ1) is 4.93. The smallest absolute Gasteiger partial charge is 0.155 e. The van der Waals surface area contributed by atoms with Crippen molar-refractivity contribution in [1.29, 1.82) is 0 Å². The van der Waals surface area contributed by atoms with Crippen LogP contribution in [0.1, 0.15) is 0 Å². The number of hydrogen-bond acceptors (Lipinski definition) is 0. The second-order valence-electron chi connectivity index (χ2n) is 1.62. The zero-order chi connectivity index (χ0) is 7.82. The number of alkyl halides is 1. The molecule has 1 rings (SSSR count). The maximum atomic E-state index is 5.67. The van der Waals surface area contributed by atoms with Crippen LogP contribution in [0.25, 0.3) is 0 Å². The molecule has 0 bridgehead atoms. The van der Waals surface area contributed by atoms with Gasteiger partial charge in [0.2, 0.25) is 0 Å². The molecular formula is C7H10Cl2Si. The van der Waals surface area contributed by atoms with Crippen LogP contribution in [0.15, 0.2) is 30.3 Å². The van der Waals surface area contributed by atoms with Gasteiger partial charge in [0.1, 0.15) is 0 Å². The molecule has 0 fully saturated rings. The molecule has 0 unspecified atom stereocenters. The van der Waals surface area contributed by atoms with Crippen molar-refractivity contribution in [3.05, 3.63) is 30.3 Å². The third-order valence-corrected chi connectivity index (χ3v) is 2.70. The molecule has 0 spiro atoms. The Morgan fingerprint density at radius 3 is 1.90 bits per heavy atom. The van der Waals surface area contributed by atoms with E-state index in [-0.39, 0.29) is 0 Å². The van der Waals surface area contributed by atoms with E-state index in [0.717, 1.165) is 0 Å². The van der Waals surface area contributed by atoms with Gasteiger partial charge in [0.05, 0.1) is 0 Å². The van der Waals surface area contributed by atoms with Crippen LogP contribution < -0.4 is 5.19 Å². The first kappa shape index (κ1) is 10.0. The summed E-state index contributed by atoms with van der Waals surface area (Å²) < 4.78 is 0. The molecule has 0 aromatic heterocycles. The zero-order valence-corrected chi connectivity index (χ0v) is 8.78. The average molecular weight is 193 g/mol. The summed E-state index contributed by atoms with van der Waals surface area (Å²) in [6.07, 6.45) is 1.47. The molecule has 0 radical (unpaired) electrons. The minimum absolute atomic E-state index is 0.437. The molecule has 3 heteroatoms. The van der Waals surface area contributed by atoms with E-state index < -0.39 is 8.83 Å². The van der Waals surface area contributed by atoms with E-state index in [1.54, 1.807) is 0 Å². The molecule has 0 atom stereocenters. The standard InChI is InChI=1S/C6H7ClSi.CH3Cl/c7-8-6-4-2-1-3-5-6;1-2/h1-5H,8H2;1H3. The normalized spacial score (nSPS) is 9.10. The van der Waals surface area contributed by atoms with Gasteiger partial charge in [-0.25, -0.2) is 0 Å². The molecule has 1 aromatic rings. The van der Waals surface area contributed by atoms with E-state index in [4.69, 9.17) is 11.1 Å². The number of hydrogen-bond donors (Lipinski definition) is 0. The molecular weight excluding hydrogens is 183 g/mol. The minimum atomic E-state index is -0.437. The average Bonchev–Trinajstić information content (AvgIpc) is 2.10. The lowest BCUT2D eigenvalue weighted by Gasteiger charge is -1.87. The summed E-state index contributed by atoms with van der Waals surface area (Å²) >= 11 is 10.3. The molecule has 0 aliphatic heterocycles. The predicted octanol–water partition coefficient (Wildman–Crippen LogP) is 1.49. The first-order valence-electron chi connectivity index (χ1n) is 2.91. The molecule has 56 valence electrons. The van der Waals surface area contributed by atoms with Gasteiger partial charge in [-0.3, -0.25) is 0 Å². The van der Waals surface area contributed by atoms with Gasteiger partial charge in [-0.15, -0.1) is 11.6 Å². The van der Waals surface area contributed by atoms with Crippen molar-refractivity contribution in [2.45, 2.75) is 0 Å². The fourth-order valence-corrected chi connectivity index (χ4v) is 1.55. The van der Waals surface area contributed by atoms with Crippen molar-refractivity contribution in [3.63, 3.8) is 0 Å². The van der Waals surface area contributed by atoms with Crippen LogP contribution in [0.4, 0.5) is 0 Å². The zero-order valence-electron chi connectivity index (χ0n) is 5.85. The number of halogens is 2. The van der Waals surface area contributed by atoms with Gasteiger partial charge in [0, 0.05) is 6.38 Å². The minimum Gasteiger partial charge on any atom is -0.170 e. The van der Waals surface area contributed by atoms with E-state index >= 15 is 0 Å². The Morgan fingerprint density at radius 1 is 1.10 bits per heavy atom. The van der Waals surface area contributed by atoms with E-state index in [1.807, 2.05) is 18.2 Å². The summed E-state index contributed by atoms with van der Waals surface area (Å²) in [4.78, 5) is 0. The quantitative estimate of drug-likeness (QED) is 0.360. The van der Waals surface area contributed by atoms with Crippen LogP contribution in [0.3, 0.4) is 0 Å². The van der Waals surface area contributed by atoms with Gasteiger partial charge in [-0.05, 0) is 5.19 Å². The van der Waals surface area contributed by atoms with E-state index in [0.29, 0.717) is 0 Å². The van der Waals surface area contributed by atoms with Gasteiger partial charge in [-0.2, -0.15) is 11.1 Å². The molecule has 0 saturated heterocycles. The molecule has 10 heavy (non-hydrogen) atoms. The Labute approximate surface area is 73.7 Å². The van der Waals surface area contributed by atoms with Crippen molar-refractivity contribution in [3.8, 4) is 0 Å². The predicted molar refractivity (Wildman–Crippen MR) is 52.3 cm³/mol. The van der Waals surface area contributed by atoms with Gasteiger partial charge >= 0.3 is 0 Å². The highest BCUT2D eigenvalue weighted by atomic mass is 35.6. The molecule has 0 aliphatic rings. The van der Waals surface area contributed by atoms with Crippen molar-refractivity contribution in [2.24, 2.45) is 0 Å². The Hall–Kier alpha value is 0.0169. The summed E-state index contributed by atoms with van der Waals surface area (Å²) in [5.74, 6) is 0. The largest absolute Gasteiger partial charge is 0.170 e. The van der Waals surface area contributed by atoms with Crippen LogP contribution in [0.5, 0.6) is 0 Å². The summed E-state index contributed by atoms with van der Waals surface area (Å²) in [7, 11) is -0.437. The Bertz CT molecular complexity index is 153. The lowest BCUT2D eigenvalue weighted by Crippen LogP contribution is -2.05. The summed E-state index contributed by atoms with van der Waals surface area (Å²) in [6.45, 7) is 0. The summed E-state index contributed by atoms with van der Waals surface area (Å²) in [6, 6.07) is 10.2. The second kappa shape index (κ2) is 7.13. The van der Waals surface area contributed by atoms with E-state index in [9.17, 15) is 0 Å².